The number of carbonyl (C=O) groups is 1. The van der Waals surface area contributed by atoms with Crippen LogP contribution in [0.1, 0.15) is 117 Å². The third kappa shape index (κ3) is 19.1. The van der Waals surface area contributed by atoms with Crippen LogP contribution < -0.4 is 0 Å². The van der Waals surface area contributed by atoms with Crippen LogP contribution in [0.3, 0.4) is 0 Å². The van der Waals surface area contributed by atoms with Crippen molar-refractivity contribution >= 4 is 18.3 Å². The van der Waals surface area contributed by atoms with Crippen LogP contribution >= 0.6 is 12.4 Å². The lowest BCUT2D eigenvalue weighted by Crippen LogP contribution is -2.38. The van der Waals surface area contributed by atoms with E-state index < -0.39 is 0 Å². The van der Waals surface area contributed by atoms with Crippen molar-refractivity contribution in [3.63, 3.8) is 0 Å². The fourth-order valence-corrected chi connectivity index (χ4v) is 3.67. The van der Waals surface area contributed by atoms with Crippen molar-refractivity contribution in [3.05, 3.63) is 0 Å². The molecule has 0 saturated carbocycles. The highest BCUT2D eigenvalue weighted by molar-refractivity contribution is 5.85. The topological polar surface area (TPSA) is 23.6 Å². The molecule has 0 fully saturated rings. The monoisotopic (exact) mass is 418 g/mol. The molecule has 0 spiro atoms. The Kier molecular flexibility index (Phi) is 22.9. The van der Waals surface area contributed by atoms with Gasteiger partial charge < -0.3 is 9.80 Å². The van der Waals surface area contributed by atoms with Crippen LogP contribution in [0.25, 0.3) is 0 Å². The summed E-state index contributed by atoms with van der Waals surface area (Å²) in [5.41, 5.74) is 0. The second-order valence-corrected chi connectivity index (χ2v) is 8.83. The number of rotatable bonds is 19. The highest BCUT2D eigenvalue weighted by Crippen LogP contribution is 2.14. The summed E-state index contributed by atoms with van der Waals surface area (Å²) >= 11 is 0. The molecule has 0 aromatic heterocycles. The fourth-order valence-electron chi connectivity index (χ4n) is 3.67. The first-order valence-corrected chi connectivity index (χ1v) is 11.9. The second kappa shape index (κ2) is 21.4. The molecule has 0 N–H and O–H groups in total. The number of halogens is 1. The van der Waals surface area contributed by atoms with Gasteiger partial charge in [-0.3, -0.25) is 4.79 Å². The lowest BCUT2D eigenvalue weighted by atomic mass is 10.0. The zero-order chi connectivity index (χ0) is 20.3. The predicted molar refractivity (Wildman–Crippen MR) is 128 cm³/mol. The highest BCUT2D eigenvalue weighted by atomic mass is 35.5. The summed E-state index contributed by atoms with van der Waals surface area (Å²) in [5, 5.41) is 0. The number of nitrogens with zero attached hydrogens (tertiary/aromatic N) is 2. The Labute approximate surface area is 183 Å². The first-order valence-electron chi connectivity index (χ1n) is 11.9. The largest absolute Gasteiger partial charge is 0.340 e. The fraction of sp³-hybridized carbons (Fsp3) is 0.958. The van der Waals surface area contributed by atoms with E-state index in [-0.39, 0.29) is 12.4 Å². The van der Waals surface area contributed by atoms with Gasteiger partial charge in [0.2, 0.25) is 5.91 Å². The lowest BCUT2D eigenvalue weighted by Gasteiger charge is -2.27. The molecule has 1 amide bonds. The zero-order valence-corrected chi connectivity index (χ0v) is 20.6. The predicted octanol–water partition coefficient (Wildman–Crippen LogP) is 7.08. The number of hydrogen-bond acceptors (Lipinski definition) is 2. The van der Waals surface area contributed by atoms with E-state index in [9.17, 15) is 4.79 Å². The van der Waals surface area contributed by atoms with Gasteiger partial charge in [0, 0.05) is 19.0 Å². The number of hydrogen-bond donors (Lipinski definition) is 0. The third-order valence-corrected chi connectivity index (χ3v) is 5.44. The van der Waals surface area contributed by atoms with Gasteiger partial charge in [-0.25, -0.2) is 0 Å². The smallest absolute Gasteiger partial charge is 0.222 e. The first-order chi connectivity index (χ1) is 13.0. The van der Waals surface area contributed by atoms with Gasteiger partial charge in [0.25, 0.3) is 0 Å². The molecule has 0 heterocycles. The van der Waals surface area contributed by atoms with Gasteiger partial charge in [-0.15, -0.1) is 12.4 Å². The van der Waals surface area contributed by atoms with Crippen LogP contribution in [0.15, 0.2) is 0 Å². The molecular formula is C24H51ClN2O. The summed E-state index contributed by atoms with van der Waals surface area (Å²) in [6, 6.07) is 0.321. The van der Waals surface area contributed by atoms with Crippen molar-refractivity contribution in [2.45, 2.75) is 123 Å². The third-order valence-electron chi connectivity index (χ3n) is 5.44. The molecule has 0 bridgehead atoms. The molecule has 0 atom stereocenters. The minimum absolute atomic E-state index is 0. The normalized spacial score (nSPS) is 11.1. The number of carbonyl (C=O) groups excluding carboxylic acids is 1. The Bertz CT molecular complexity index is 335. The van der Waals surface area contributed by atoms with Crippen LogP contribution in [-0.4, -0.2) is 48.9 Å². The van der Waals surface area contributed by atoms with Gasteiger partial charge >= 0.3 is 0 Å². The van der Waals surface area contributed by atoms with E-state index >= 15 is 0 Å². The second-order valence-electron chi connectivity index (χ2n) is 8.83. The van der Waals surface area contributed by atoms with Crippen molar-refractivity contribution in [1.29, 1.82) is 0 Å². The Morgan fingerprint density at radius 1 is 0.679 bits per heavy atom. The molecule has 28 heavy (non-hydrogen) atoms. The molecule has 0 aromatic carbocycles. The van der Waals surface area contributed by atoms with Crippen molar-refractivity contribution in [3.8, 4) is 0 Å². The summed E-state index contributed by atoms with van der Waals surface area (Å²) in [5.74, 6) is 0.354. The van der Waals surface area contributed by atoms with Gasteiger partial charge in [-0.05, 0) is 47.3 Å². The van der Waals surface area contributed by atoms with Gasteiger partial charge in [0.1, 0.15) is 0 Å². The maximum atomic E-state index is 12.5. The molecule has 0 aliphatic heterocycles. The summed E-state index contributed by atoms with van der Waals surface area (Å²) < 4.78 is 0. The van der Waals surface area contributed by atoms with E-state index in [0.29, 0.717) is 11.9 Å². The van der Waals surface area contributed by atoms with Crippen LogP contribution in [0.5, 0.6) is 0 Å². The number of unbranched alkanes of at least 4 members (excludes halogenated alkanes) is 12. The average molecular weight is 419 g/mol. The highest BCUT2D eigenvalue weighted by Gasteiger charge is 2.15. The molecule has 170 valence electrons. The SMILES string of the molecule is CCCCCCCCCCCCCCCC(=O)N(CCCN(C)C)C(C)C.Cl. The van der Waals surface area contributed by atoms with Crippen LogP contribution in [0, 0.1) is 0 Å². The van der Waals surface area contributed by atoms with Gasteiger partial charge in [-0.1, -0.05) is 84.0 Å². The van der Waals surface area contributed by atoms with E-state index in [4.69, 9.17) is 0 Å². The molecule has 0 saturated heterocycles. The molecule has 0 aliphatic carbocycles. The molecule has 0 unspecified atom stereocenters. The van der Waals surface area contributed by atoms with Gasteiger partial charge in [-0.2, -0.15) is 0 Å². The van der Waals surface area contributed by atoms with E-state index in [0.717, 1.165) is 32.4 Å². The van der Waals surface area contributed by atoms with Crippen LogP contribution in [-0.2, 0) is 4.79 Å². The summed E-state index contributed by atoms with van der Waals surface area (Å²) in [4.78, 5) is 16.7. The van der Waals surface area contributed by atoms with Crippen LogP contribution in [0.4, 0.5) is 0 Å². The molecular weight excluding hydrogens is 368 g/mol. The van der Waals surface area contributed by atoms with E-state index in [1.54, 1.807) is 0 Å². The average Bonchev–Trinajstić information content (AvgIpc) is 2.62. The van der Waals surface area contributed by atoms with Crippen molar-refractivity contribution < 1.29 is 4.79 Å². The molecule has 0 aromatic rings. The Balaban J connectivity index is 0. The Morgan fingerprint density at radius 2 is 1.11 bits per heavy atom. The first kappa shape index (κ1) is 29.9. The lowest BCUT2D eigenvalue weighted by molar-refractivity contribution is -0.133. The quantitative estimate of drug-likeness (QED) is 0.209. The summed E-state index contributed by atoms with van der Waals surface area (Å²) in [7, 11) is 4.18. The molecule has 4 heteroatoms. The maximum absolute atomic E-state index is 12.5. The molecule has 3 nitrogen and oxygen atoms in total. The standard InChI is InChI=1S/C24H50N2O.ClH/c1-6-7-8-9-10-11-12-13-14-15-16-17-18-20-24(27)26(23(2)3)22-19-21-25(4)5;/h23H,6-22H2,1-5H3;1H. The molecule has 0 radical (unpaired) electrons. The van der Waals surface area contributed by atoms with E-state index in [1.165, 1.54) is 77.0 Å². The van der Waals surface area contributed by atoms with E-state index in [1.807, 2.05) is 0 Å². The van der Waals surface area contributed by atoms with Crippen LogP contribution in [0.2, 0.25) is 0 Å². The maximum Gasteiger partial charge on any atom is 0.222 e. The van der Waals surface area contributed by atoms with E-state index in [2.05, 4.69) is 44.7 Å². The molecule has 0 aliphatic rings. The van der Waals surface area contributed by atoms with Crippen molar-refractivity contribution in [1.82, 2.24) is 9.80 Å². The minimum Gasteiger partial charge on any atom is -0.340 e. The number of amides is 1. The van der Waals surface area contributed by atoms with Gasteiger partial charge in [0.15, 0.2) is 0 Å². The zero-order valence-electron chi connectivity index (χ0n) is 19.8. The summed E-state index contributed by atoms with van der Waals surface area (Å²) in [6.45, 7) is 8.50. The minimum atomic E-state index is 0. The Hall–Kier alpha value is -0.280. The Morgan fingerprint density at radius 3 is 1.50 bits per heavy atom. The van der Waals surface area contributed by atoms with Gasteiger partial charge in [0.05, 0.1) is 0 Å². The summed E-state index contributed by atoms with van der Waals surface area (Å²) in [6.07, 6.45) is 19.4. The molecule has 0 rings (SSSR count). The van der Waals surface area contributed by atoms with Crippen molar-refractivity contribution in [2.24, 2.45) is 0 Å². The van der Waals surface area contributed by atoms with Crippen molar-refractivity contribution in [2.75, 3.05) is 27.2 Å².